The number of nitrogens with zero attached hydrogens (tertiary/aromatic N) is 2. The second-order valence-electron chi connectivity index (χ2n) is 6.28. The number of hydrogen-bond acceptors (Lipinski definition) is 4. The maximum Gasteiger partial charge on any atom is 0.322 e. The molecule has 8 heteroatoms. The summed E-state index contributed by atoms with van der Waals surface area (Å²) in [4.78, 5) is 18.6. The molecule has 1 aromatic heterocycles. The van der Waals surface area contributed by atoms with E-state index in [0.717, 1.165) is 16.3 Å². The highest BCUT2D eigenvalue weighted by molar-refractivity contribution is 6.31. The van der Waals surface area contributed by atoms with E-state index in [1.54, 1.807) is 11.1 Å². The number of ether oxygens (including phenoxy) is 1. The van der Waals surface area contributed by atoms with Gasteiger partial charge in [0.05, 0.1) is 11.6 Å². The van der Waals surface area contributed by atoms with Crippen LogP contribution in [0, 0.1) is 5.82 Å². The number of aliphatic hydroxyl groups excluding tert-OH is 1. The molecule has 6 nitrogen and oxygen atoms in total. The molecule has 2 aromatic carbocycles. The Kier molecular flexibility index (Phi) is 6.85. The fourth-order valence-electron chi connectivity index (χ4n) is 2.92. The van der Waals surface area contributed by atoms with E-state index in [9.17, 15) is 9.18 Å². The first-order chi connectivity index (χ1) is 14.0. The first kappa shape index (κ1) is 20.8. The average Bonchev–Trinajstić information content (AvgIpc) is 2.73. The Morgan fingerprint density at radius 2 is 2.03 bits per heavy atom. The molecule has 0 saturated carbocycles. The fraction of sp³-hybridized carbons (Fsp3) is 0.238. The number of urea groups is 1. The molecule has 0 spiro atoms. The molecule has 0 bridgehead atoms. The molecule has 0 aliphatic carbocycles. The highest BCUT2D eigenvalue weighted by Gasteiger charge is 2.16. The van der Waals surface area contributed by atoms with Gasteiger partial charge in [0.15, 0.2) is 0 Å². The zero-order valence-corrected chi connectivity index (χ0v) is 16.6. The molecule has 0 fully saturated rings. The molecule has 0 aliphatic heterocycles. The van der Waals surface area contributed by atoms with Crippen molar-refractivity contribution in [1.29, 1.82) is 0 Å². The van der Waals surface area contributed by atoms with Crippen molar-refractivity contribution >= 4 is 34.1 Å². The van der Waals surface area contributed by atoms with Gasteiger partial charge >= 0.3 is 6.03 Å². The molecule has 2 amide bonds. The standard InChI is InChI=1S/C21H21ClFN3O3/c1-2-26(21(28)25-15-7-8-19(23)18(22)11-15)13-14-12-24-20(29-10-9-27)17-6-4-3-5-16(14)17/h3-8,11-12,27H,2,9-10,13H2,1H3,(H,25,28). The number of pyridine rings is 1. The van der Waals surface area contributed by atoms with Crippen LogP contribution in [-0.2, 0) is 6.54 Å². The number of carbonyl (C=O) groups excluding carboxylic acids is 1. The highest BCUT2D eigenvalue weighted by Crippen LogP contribution is 2.27. The number of benzene rings is 2. The highest BCUT2D eigenvalue weighted by atomic mass is 35.5. The van der Waals surface area contributed by atoms with Gasteiger partial charge in [-0.05, 0) is 42.1 Å². The second-order valence-corrected chi connectivity index (χ2v) is 6.69. The number of nitrogens with one attached hydrogen (secondary N) is 1. The van der Waals surface area contributed by atoms with E-state index in [1.807, 2.05) is 31.2 Å². The van der Waals surface area contributed by atoms with Gasteiger partial charge in [-0.1, -0.05) is 29.8 Å². The van der Waals surface area contributed by atoms with Gasteiger partial charge in [-0.15, -0.1) is 0 Å². The van der Waals surface area contributed by atoms with Gasteiger partial charge in [-0.2, -0.15) is 0 Å². The molecule has 3 rings (SSSR count). The quantitative estimate of drug-likeness (QED) is 0.595. The Hall–Kier alpha value is -2.90. The van der Waals surface area contributed by atoms with Crippen LogP contribution in [0.4, 0.5) is 14.9 Å². The first-order valence-electron chi connectivity index (χ1n) is 9.14. The van der Waals surface area contributed by atoms with Crippen LogP contribution >= 0.6 is 11.6 Å². The van der Waals surface area contributed by atoms with Crippen LogP contribution in [-0.4, -0.2) is 40.8 Å². The van der Waals surface area contributed by atoms with Crippen LogP contribution in [0.2, 0.25) is 5.02 Å². The summed E-state index contributed by atoms with van der Waals surface area (Å²) in [6, 6.07) is 11.3. The van der Waals surface area contributed by atoms with Crippen molar-refractivity contribution in [2.45, 2.75) is 13.5 Å². The van der Waals surface area contributed by atoms with Gasteiger partial charge in [-0.25, -0.2) is 14.2 Å². The van der Waals surface area contributed by atoms with Gasteiger partial charge in [0, 0.05) is 30.4 Å². The monoisotopic (exact) mass is 417 g/mol. The third-order valence-electron chi connectivity index (χ3n) is 4.37. The van der Waals surface area contributed by atoms with Crippen molar-refractivity contribution in [3.8, 4) is 5.88 Å². The number of fused-ring (bicyclic) bond motifs is 1. The van der Waals surface area contributed by atoms with Crippen molar-refractivity contribution in [3.05, 3.63) is 65.1 Å². The van der Waals surface area contributed by atoms with Crippen LogP contribution in [0.1, 0.15) is 12.5 Å². The largest absolute Gasteiger partial charge is 0.475 e. The number of halogens is 2. The summed E-state index contributed by atoms with van der Waals surface area (Å²) < 4.78 is 18.8. The van der Waals surface area contributed by atoms with Crippen LogP contribution in [0.5, 0.6) is 5.88 Å². The van der Waals surface area contributed by atoms with E-state index in [4.69, 9.17) is 21.4 Å². The lowest BCUT2D eigenvalue weighted by Crippen LogP contribution is -2.34. The number of aliphatic hydroxyl groups is 1. The zero-order chi connectivity index (χ0) is 20.8. The summed E-state index contributed by atoms with van der Waals surface area (Å²) in [6.45, 7) is 2.70. The fourth-order valence-corrected chi connectivity index (χ4v) is 3.10. The minimum atomic E-state index is -0.543. The van der Waals surface area contributed by atoms with Crippen LogP contribution in [0.15, 0.2) is 48.7 Å². The maximum atomic E-state index is 13.3. The molecular formula is C21H21ClFN3O3. The molecule has 152 valence electrons. The van der Waals surface area contributed by atoms with Crippen LogP contribution in [0.25, 0.3) is 10.8 Å². The lowest BCUT2D eigenvalue weighted by molar-refractivity contribution is 0.198. The van der Waals surface area contributed by atoms with Gasteiger partial charge in [0.2, 0.25) is 5.88 Å². The van der Waals surface area contributed by atoms with Gasteiger partial charge in [-0.3, -0.25) is 0 Å². The molecule has 0 radical (unpaired) electrons. The summed E-state index contributed by atoms with van der Waals surface area (Å²) in [6.07, 6.45) is 1.67. The molecule has 29 heavy (non-hydrogen) atoms. The van der Waals surface area contributed by atoms with Crippen molar-refractivity contribution in [1.82, 2.24) is 9.88 Å². The topological polar surface area (TPSA) is 74.7 Å². The summed E-state index contributed by atoms with van der Waals surface area (Å²) >= 11 is 5.78. The number of hydrogen-bond donors (Lipinski definition) is 2. The number of amides is 2. The summed E-state index contributed by atoms with van der Waals surface area (Å²) in [5.41, 5.74) is 1.27. The zero-order valence-electron chi connectivity index (χ0n) is 15.9. The van der Waals surface area contributed by atoms with E-state index < -0.39 is 5.82 Å². The SMILES string of the molecule is CCN(Cc1cnc(OCCO)c2ccccc12)C(=O)Nc1ccc(F)c(Cl)c1. The number of aromatic nitrogens is 1. The Balaban J connectivity index is 1.82. The molecule has 3 aromatic rings. The van der Waals surface area contributed by atoms with Gasteiger partial charge < -0.3 is 20.1 Å². The molecule has 2 N–H and O–H groups in total. The van der Waals surface area contributed by atoms with E-state index in [1.165, 1.54) is 18.2 Å². The first-order valence-corrected chi connectivity index (χ1v) is 9.52. The Morgan fingerprint density at radius 1 is 1.28 bits per heavy atom. The Labute approximate surface area is 172 Å². The Bertz CT molecular complexity index is 1020. The minimum Gasteiger partial charge on any atom is -0.475 e. The van der Waals surface area contributed by atoms with E-state index >= 15 is 0 Å². The molecule has 0 saturated heterocycles. The lowest BCUT2D eigenvalue weighted by Gasteiger charge is -2.22. The normalized spacial score (nSPS) is 10.8. The molecule has 1 heterocycles. The third kappa shape index (κ3) is 4.93. The van der Waals surface area contributed by atoms with Gasteiger partial charge in [0.25, 0.3) is 0 Å². The summed E-state index contributed by atoms with van der Waals surface area (Å²) in [7, 11) is 0. The second kappa shape index (κ2) is 9.54. The number of rotatable bonds is 7. The van der Waals surface area contributed by atoms with Crippen molar-refractivity contribution in [2.75, 3.05) is 25.1 Å². The smallest absolute Gasteiger partial charge is 0.322 e. The van der Waals surface area contributed by atoms with Gasteiger partial charge in [0.1, 0.15) is 12.4 Å². The molecule has 0 atom stereocenters. The van der Waals surface area contributed by atoms with Crippen LogP contribution < -0.4 is 10.1 Å². The lowest BCUT2D eigenvalue weighted by atomic mass is 10.1. The minimum absolute atomic E-state index is 0.0560. The summed E-state index contributed by atoms with van der Waals surface area (Å²) in [5, 5.41) is 13.4. The van der Waals surface area contributed by atoms with E-state index in [0.29, 0.717) is 24.7 Å². The van der Waals surface area contributed by atoms with E-state index in [-0.39, 0.29) is 24.3 Å². The third-order valence-corrected chi connectivity index (χ3v) is 4.66. The van der Waals surface area contributed by atoms with E-state index in [2.05, 4.69) is 10.3 Å². The van der Waals surface area contributed by atoms with Crippen molar-refractivity contribution < 1.29 is 19.0 Å². The van der Waals surface area contributed by atoms with Crippen molar-refractivity contribution in [3.63, 3.8) is 0 Å². The molecular weight excluding hydrogens is 397 g/mol. The molecule has 0 aliphatic rings. The number of anilines is 1. The predicted octanol–water partition coefficient (Wildman–Crippen LogP) is 4.45. The predicted molar refractivity (Wildman–Crippen MR) is 111 cm³/mol. The van der Waals surface area contributed by atoms with Crippen LogP contribution in [0.3, 0.4) is 0 Å². The summed E-state index contributed by atoms with van der Waals surface area (Å²) in [5.74, 6) is -0.107. The van der Waals surface area contributed by atoms with Crippen molar-refractivity contribution in [2.24, 2.45) is 0 Å². The average molecular weight is 418 g/mol. The number of carbonyl (C=O) groups is 1. The maximum absolute atomic E-state index is 13.3. The Morgan fingerprint density at radius 3 is 2.72 bits per heavy atom. The molecule has 0 unspecified atom stereocenters.